The lowest BCUT2D eigenvalue weighted by Gasteiger charge is -2.19. The molecular weight excluding hydrogens is 504 g/mol. The molecule has 0 saturated carbocycles. The average Bonchev–Trinajstić information content (AvgIpc) is 2.97. The van der Waals surface area contributed by atoms with Crippen LogP contribution in [0.4, 0.5) is 4.79 Å². The van der Waals surface area contributed by atoms with Crippen LogP contribution in [0.3, 0.4) is 0 Å². The number of nitrogens with zero attached hydrogens (tertiary/aromatic N) is 2. The van der Waals surface area contributed by atoms with Crippen LogP contribution in [0.5, 0.6) is 11.5 Å². The molecule has 2 rings (SSSR count). The van der Waals surface area contributed by atoms with Crippen molar-refractivity contribution >= 4 is 12.0 Å². The highest BCUT2D eigenvalue weighted by Gasteiger charge is 2.21. The number of hydrogen-bond acceptors (Lipinski definition) is 5. The summed E-state index contributed by atoms with van der Waals surface area (Å²) < 4.78 is 18.9. The van der Waals surface area contributed by atoms with Crippen molar-refractivity contribution in [2.45, 2.75) is 118 Å². The van der Waals surface area contributed by atoms with Crippen LogP contribution < -0.4 is 14.0 Å². The maximum Gasteiger partial charge on any atom is 0.417 e. The largest absolute Gasteiger partial charge is 0.493 e. The van der Waals surface area contributed by atoms with Crippen LogP contribution in [0, 0.1) is 0 Å². The first-order valence-corrected chi connectivity index (χ1v) is 15.2. The second-order valence-electron chi connectivity index (χ2n) is 10.4. The Morgan fingerprint density at radius 2 is 1.38 bits per heavy atom. The van der Waals surface area contributed by atoms with Crippen molar-refractivity contribution in [3.8, 4) is 11.5 Å². The van der Waals surface area contributed by atoms with Crippen molar-refractivity contribution in [1.29, 1.82) is 0 Å². The normalized spacial score (nSPS) is 10.8. The van der Waals surface area contributed by atoms with Crippen molar-refractivity contribution in [2.75, 3.05) is 13.7 Å². The van der Waals surface area contributed by atoms with E-state index < -0.39 is 6.09 Å². The summed E-state index contributed by atoms with van der Waals surface area (Å²) in [6, 6.07) is 9.30. The van der Waals surface area contributed by atoms with Gasteiger partial charge in [-0.3, -0.25) is 4.79 Å². The van der Waals surface area contributed by atoms with Crippen LogP contribution in [0.2, 0.25) is 0 Å². The predicted molar refractivity (Wildman–Crippen MR) is 158 cm³/mol. The minimum atomic E-state index is -0.675. The summed E-state index contributed by atoms with van der Waals surface area (Å²) >= 11 is 0. The van der Waals surface area contributed by atoms with E-state index in [4.69, 9.17) is 14.2 Å². The first-order valence-electron chi connectivity index (χ1n) is 15.2. The number of methoxy groups -OCH3 is 1. The number of carbonyl (C=O) groups is 2. The molecule has 2 aromatic rings. The number of benzene rings is 1. The van der Waals surface area contributed by atoms with Gasteiger partial charge in [-0.05, 0) is 36.6 Å². The van der Waals surface area contributed by atoms with Crippen molar-refractivity contribution in [2.24, 2.45) is 0 Å². The number of amides is 2. The Hall–Kier alpha value is -3.09. The van der Waals surface area contributed by atoms with Crippen molar-refractivity contribution in [3.63, 3.8) is 0 Å². The lowest BCUT2D eigenvalue weighted by molar-refractivity contribution is -0.693. The lowest BCUT2D eigenvalue weighted by Crippen LogP contribution is -2.36. The molecule has 40 heavy (non-hydrogen) atoms. The zero-order valence-corrected chi connectivity index (χ0v) is 25.3. The van der Waals surface area contributed by atoms with Gasteiger partial charge in [-0.1, -0.05) is 83.6 Å². The Bertz CT molecular complexity index is 993. The van der Waals surface area contributed by atoms with Gasteiger partial charge in [-0.2, -0.15) is 0 Å². The SMILES string of the molecule is CCCCCCCCCCCCCCOc1ccc(COC(=O)N(Cc2cc[n+](CC)cc2)C(C)=O)cc1OC. The fraction of sp³-hybridized carbons (Fsp3) is 0.606. The van der Waals surface area contributed by atoms with Gasteiger partial charge in [0.05, 0.1) is 20.3 Å². The molecule has 1 aromatic carbocycles. The van der Waals surface area contributed by atoms with Gasteiger partial charge in [-0.25, -0.2) is 14.3 Å². The molecular formula is C33H51N2O5+. The van der Waals surface area contributed by atoms with Gasteiger partial charge in [0.25, 0.3) is 0 Å². The molecule has 0 radical (unpaired) electrons. The Balaban J connectivity index is 1.69. The maximum atomic E-state index is 12.7. The second-order valence-corrected chi connectivity index (χ2v) is 10.4. The molecule has 222 valence electrons. The first-order chi connectivity index (χ1) is 19.5. The van der Waals surface area contributed by atoms with Gasteiger partial charge in [0, 0.05) is 19.1 Å². The van der Waals surface area contributed by atoms with Gasteiger partial charge in [0.1, 0.15) is 13.2 Å². The molecule has 0 fully saturated rings. The van der Waals surface area contributed by atoms with Crippen molar-refractivity contribution in [3.05, 3.63) is 53.9 Å². The van der Waals surface area contributed by atoms with Gasteiger partial charge >= 0.3 is 6.09 Å². The molecule has 0 atom stereocenters. The minimum Gasteiger partial charge on any atom is -0.493 e. The summed E-state index contributed by atoms with van der Waals surface area (Å²) in [5.41, 5.74) is 1.61. The number of pyridine rings is 1. The number of aromatic nitrogens is 1. The number of carbonyl (C=O) groups excluding carboxylic acids is 2. The van der Waals surface area contributed by atoms with Crippen LogP contribution in [0.25, 0.3) is 0 Å². The third kappa shape index (κ3) is 12.8. The number of unbranched alkanes of at least 4 members (excludes halogenated alkanes) is 11. The molecule has 0 bridgehead atoms. The van der Waals surface area contributed by atoms with Crippen LogP contribution in [0.1, 0.15) is 109 Å². The smallest absolute Gasteiger partial charge is 0.417 e. The number of rotatable bonds is 20. The summed E-state index contributed by atoms with van der Waals surface area (Å²) in [6.07, 6.45) is 18.9. The number of aryl methyl sites for hydroxylation is 1. The fourth-order valence-corrected chi connectivity index (χ4v) is 4.56. The van der Waals surface area contributed by atoms with Crippen molar-refractivity contribution < 1.29 is 28.4 Å². The first kappa shape index (κ1) is 33.1. The van der Waals surface area contributed by atoms with E-state index in [1.165, 1.54) is 77.6 Å². The number of ether oxygens (including phenoxy) is 3. The molecule has 0 saturated heterocycles. The predicted octanol–water partition coefficient (Wildman–Crippen LogP) is 7.77. The zero-order chi connectivity index (χ0) is 29.0. The third-order valence-electron chi connectivity index (χ3n) is 7.11. The summed E-state index contributed by atoms with van der Waals surface area (Å²) in [5, 5.41) is 0. The monoisotopic (exact) mass is 555 g/mol. The van der Waals surface area contributed by atoms with E-state index >= 15 is 0 Å². The quantitative estimate of drug-likeness (QED) is 0.123. The van der Waals surface area contributed by atoms with Gasteiger partial charge in [-0.15, -0.1) is 0 Å². The molecule has 1 aromatic heterocycles. The molecule has 0 aliphatic rings. The Morgan fingerprint density at radius 1 is 0.775 bits per heavy atom. The van der Waals surface area contributed by atoms with Crippen molar-refractivity contribution in [1.82, 2.24) is 4.90 Å². The standard InChI is InChI=1S/C33H51N2O5/c1-5-7-8-9-10-11-12-13-14-15-16-17-24-39-31-19-18-30(25-32(31)38-4)27-40-33(37)35(28(3)36)26-29-20-22-34(6-2)23-21-29/h18-23,25H,5-17,24,26-27H2,1-4H3/q+1. The third-order valence-corrected chi connectivity index (χ3v) is 7.11. The summed E-state index contributed by atoms with van der Waals surface area (Å²) in [6.45, 7) is 7.36. The molecule has 0 N–H and O–H groups in total. The summed E-state index contributed by atoms with van der Waals surface area (Å²) in [5.74, 6) is 0.917. The van der Waals surface area contributed by atoms with Gasteiger partial charge in [0.15, 0.2) is 23.9 Å². The van der Waals surface area contributed by atoms with E-state index in [0.29, 0.717) is 18.1 Å². The van der Waals surface area contributed by atoms with E-state index in [2.05, 4.69) is 6.92 Å². The van der Waals surface area contributed by atoms with E-state index in [9.17, 15) is 9.59 Å². The molecule has 0 aliphatic carbocycles. The molecule has 1 heterocycles. The van der Waals surface area contributed by atoms with E-state index in [1.807, 2.05) is 54.2 Å². The fourth-order valence-electron chi connectivity index (χ4n) is 4.56. The molecule has 0 unspecified atom stereocenters. The van der Waals surface area contributed by atoms with E-state index in [0.717, 1.165) is 29.0 Å². The summed E-state index contributed by atoms with van der Waals surface area (Å²) in [7, 11) is 1.60. The van der Waals surface area contributed by atoms with Gasteiger partial charge < -0.3 is 14.2 Å². The molecule has 0 aliphatic heterocycles. The van der Waals surface area contributed by atoms with Crippen LogP contribution in [-0.4, -0.2) is 30.6 Å². The highest BCUT2D eigenvalue weighted by Crippen LogP contribution is 2.29. The highest BCUT2D eigenvalue weighted by molar-refractivity contribution is 5.90. The average molecular weight is 556 g/mol. The van der Waals surface area contributed by atoms with Gasteiger partial charge in [0.2, 0.25) is 5.91 Å². The molecule has 7 heteroatoms. The minimum absolute atomic E-state index is 0.0304. The topological polar surface area (TPSA) is 69.0 Å². The zero-order valence-electron chi connectivity index (χ0n) is 25.3. The van der Waals surface area contributed by atoms with Crippen LogP contribution in [-0.2, 0) is 29.2 Å². The van der Waals surface area contributed by atoms with Crippen LogP contribution >= 0.6 is 0 Å². The summed E-state index contributed by atoms with van der Waals surface area (Å²) in [4.78, 5) is 25.9. The highest BCUT2D eigenvalue weighted by atomic mass is 16.6. The maximum absolute atomic E-state index is 12.7. The Labute approximate surface area is 241 Å². The molecule has 7 nitrogen and oxygen atoms in total. The van der Waals surface area contributed by atoms with E-state index in [1.54, 1.807) is 7.11 Å². The molecule has 0 spiro atoms. The molecule has 2 amide bonds. The van der Waals surface area contributed by atoms with Crippen LogP contribution in [0.15, 0.2) is 42.7 Å². The Kier molecular flexibility index (Phi) is 16.5. The number of imide groups is 1. The van der Waals surface area contributed by atoms with E-state index in [-0.39, 0.29) is 19.1 Å². The lowest BCUT2D eigenvalue weighted by atomic mass is 10.1. The number of hydrogen-bond donors (Lipinski definition) is 0. The Morgan fingerprint density at radius 3 is 1.93 bits per heavy atom. The second kappa shape index (κ2) is 19.9.